The van der Waals surface area contributed by atoms with Crippen LogP contribution in [0.4, 0.5) is 5.82 Å². The third-order valence-corrected chi connectivity index (χ3v) is 4.78. The summed E-state index contributed by atoms with van der Waals surface area (Å²) in [6.07, 6.45) is 2.74. The molecule has 1 aromatic carbocycles. The van der Waals surface area contributed by atoms with E-state index in [2.05, 4.69) is 24.1 Å². The molecule has 0 radical (unpaired) electrons. The fraction of sp³-hybridized carbons (Fsp3) is 0.571. The van der Waals surface area contributed by atoms with E-state index in [1.54, 1.807) is 0 Å². The minimum atomic E-state index is 0.0718. The highest BCUT2D eigenvalue weighted by Crippen LogP contribution is 2.40. The summed E-state index contributed by atoms with van der Waals surface area (Å²) >= 11 is 6.21. The van der Waals surface area contributed by atoms with Crippen molar-refractivity contribution in [3.05, 3.63) is 29.0 Å². The number of carbonyl (C=O) groups is 1. The fourth-order valence-corrected chi connectivity index (χ4v) is 3.39. The molecule has 1 heterocycles. The molecule has 6 heteroatoms. The predicted molar refractivity (Wildman–Crippen MR) is 111 cm³/mol. The van der Waals surface area contributed by atoms with Crippen LogP contribution in [0, 0.1) is 5.92 Å². The number of nitrogens with one attached hydrogen (secondary N) is 1. The summed E-state index contributed by atoms with van der Waals surface area (Å²) < 4.78 is 0. The van der Waals surface area contributed by atoms with Gasteiger partial charge < -0.3 is 10.2 Å². The van der Waals surface area contributed by atoms with Crippen LogP contribution in [0.25, 0.3) is 10.9 Å². The molecule has 1 fully saturated rings. The normalized spacial score (nSPS) is 14.2. The second-order valence-corrected chi connectivity index (χ2v) is 8.59. The summed E-state index contributed by atoms with van der Waals surface area (Å²) in [5, 5.41) is 4.65. The number of hydrogen-bond donors (Lipinski definition) is 1. The number of amides is 1. The molecular weight excluding hydrogens is 360 g/mol. The molecule has 5 nitrogen and oxygen atoms in total. The molecule has 1 N–H and O–H groups in total. The third kappa shape index (κ3) is 5.32. The maximum Gasteiger partial charge on any atom is 0.221 e. The zero-order chi connectivity index (χ0) is 19.6. The number of fused-ring (bicyclic) bond motifs is 1. The van der Waals surface area contributed by atoms with Crippen LogP contribution in [0.2, 0.25) is 5.02 Å². The van der Waals surface area contributed by atoms with Crippen LogP contribution in [0.5, 0.6) is 0 Å². The molecule has 1 amide bonds. The molecule has 0 bridgehead atoms. The van der Waals surface area contributed by atoms with Gasteiger partial charge in [-0.25, -0.2) is 9.97 Å². The van der Waals surface area contributed by atoms with E-state index in [1.165, 1.54) is 0 Å². The Bertz CT molecular complexity index is 817. The van der Waals surface area contributed by atoms with Crippen molar-refractivity contribution in [2.24, 2.45) is 5.92 Å². The van der Waals surface area contributed by atoms with Crippen LogP contribution in [-0.2, 0) is 4.79 Å². The summed E-state index contributed by atoms with van der Waals surface area (Å²) in [5.41, 5.74) is 0.884. The van der Waals surface area contributed by atoms with Gasteiger partial charge in [0.05, 0.1) is 5.52 Å². The summed E-state index contributed by atoms with van der Waals surface area (Å²) in [5.74, 6) is 2.81. The Hall–Kier alpha value is -1.88. The largest absolute Gasteiger partial charge is 0.355 e. The molecule has 0 aliphatic heterocycles. The number of carbonyl (C=O) groups excluding carboxylic acids is 1. The van der Waals surface area contributed by atoms with E-state index in [1.807, 2.05) is 32.0 Å². The quantitative estimate of drug-likeness (QED) is 0.721. The Morgan fingerprint density at radius 1 is 1.26 bits per heavy atom. The molecule has 146 valence electrons. The molecule has 1 aromatic heterocycles. The van der Waals surface area contributed by atoms with Gasteiger partial charge >= 0.3 is 0 Å². The molecule has 1 saturated carbocycles. The Balaban J connectivity index is 1.94. The smallest absolute Gasteiger partial charge is 0.221 e. The van der Waals surface area contributed by atoms with Gasteiger partial charge in [0.25, 0.3) is 0 Å². The lowest BCUT2D eigenvalue weighted by Gasteiger charge is -2.27. The maximum atomic E-state index is 12.2. The first-order valence-electron chi connectivity index (χ1n) is 9.85. The number of aromatic nitrogens is 2. The van der Waals surface area contributed by atoms with Crippen LogP contribution in [0.1, 0.15) is 58.7 Å². The predicted octanol–water partition coefficient (Wildman–Crippen LogP) is 4.54. The molecule has 1 aliphatic rings. The van der Waals surface area contributed by atoms with Gasteiger partial charge in [0.1, 0.15) is 11.6 Å². The number of nitrogens with zero attached hydrogens (tertiary/aromatic N) is 3. The van der Waals surface area contributed by atoms with Crippen molar-refractivity contribution in [3.63, 3.8) is 0 Å². The highest BCUT2D eigenvalue weighted by Gasteiger charge is 2.28. The molecule has 0 saturated heterocycles. The topological polar surface area (TPSA) is 58.1 Å². The molecule has 3 rings (SSSR count). The van der Waals surface area contributed by atoms with Gasteiger partial charge in [-0.05, 0) is 50.8 Å². The van der Waals surface area contributed by atoms with Crippen LogP contribution in [0.15, 0.2) is 18.2 Å². The maximum absolute atomic E-state index is 12.2. The van der Waals surface area contributed by atoms with Gasteiger partial charge in [-0.3, -0.25) is 4.79 Å². The highest BCUT2D eigenvalue weighted by molar-refractivity contribution is 6.31. The first-order chi connectivity index (χ1) is 12.8. The number of anilines is 1. The molecule has 0 unspecified atom stereocenters. The van der Waals surface area contributed by atoms with Crippen LogP contribution in [-0.4, -0.2) is 35.0 Å². The van der Waals surface area contributed by atoms with E-state index < -0.39 is 0 Å². The molecule has 0 spiro atoms. The van der Waals surface area contributed by atoms with Gasteiger partial charge in [0.15, 0.2) is 0 Å². The van der Waals surface area contributed by atoms with Gasteiger partial charge in [-0.2, -0.15) is 0 Å². The van der Waals surface area contributed by atoms with Gasteiger partial charge in [0, 0.05) is 41.9 Å². The van der Waals surface area contributed by atoms with Crippen LogP contribution in [0.3, 0.4) is 0 Å². The minimum absolute atomic E-state index is 0.0718. The van der Waals surface area contributed by atoms with Crippen molar-refractivity contribution < 1.29 is 4.79 Å². The average Bonchev–Trinajstić information content (AvgIpc) is 3.41. The summed E-state index contributed by atoms with van der Waals surface area (Å²) in [6, 6.07) is 5.93. The number of rotatable bonds is 8. The molecule has 0 atom stereocenters. The van der Waals surface area contributed by atoms with E-state index in [0.29, 0.717) is 29.8 Å². The first kappa shape index (κ1) is 19.9. The zero-order valence-electron chi connectivity index (χ0n) is 16.6. The molecule has 2 aromatic rings. The van der Waals surface area contributed by atoms with Gasteiger partial charge in [-0.15, -0.1) is 0 Å². The Kier molecular flexibility index (Phi) is 6.20. The first-order valence-corrected chi connectivity index (χ1v) is 10.2. The number of halogens is 1. The lowest BCUT2D eigenvalue weighted by molar-refractivity contribution is -0.121. The Morgan fingerprint density at radius 2 is 2.00 bits per heavy atom. The van der Waals surface area contributed by atoms with Crippen molar-refractivity contribution in [2.45, 2.75) is 58.9 Å². The van der Waals surface area contributed by atoms with Crippen molar-refractivity contribution in [2.75, 3.05) is 18.0 Å². The lowest BCUT2D eigenvalue weighted by atomic mass is 10.1. The summed E-state index contributed by atoms with van der Waals surface area (Å²) in [6.45, 7) is 9.80. The van der Waals surface area contributed by atoms with E-state index >= 15 is 0 Å². The monoisotopic (exact) mass is 388 g/mol. The van der Waals surface area contributed by atoms with Crippen LogP contribution >= 0.6 is 11.6 Å². The minimum Gasteiger partial charge on any atom is -0.355 e. The summed E-state index contributed by atoms with van der Waals surface area (Å²) in [7, 11) is 0. The molecular formula is C21H29ClN4O. The van der Waals surface area contributed by atoms with Crippen molar-refractivity contribution in [3.8, 4) is 0 Å². The second kappa shape index (κ2) is 8.42. The number of hydrogen-bond acceptors (Lipinski definition) is 4. The summed E-state index contributed by atoms with van der Waals surface area (Å²) in [4.78, 5) is 24.1. The van der Waals surface area contributed by atoms with Crippen molar-refractivity contribution >= 4 is 34.2 Å². The van der Waals surface area contributed by atoms with E-state index in [0.717, 1.165) is 41.9 Å². The van der Waals surface area contributed by atoms with Gasteiger partial charge in [0.2, 0.25) is 5.91 Å². The SMILES string of the molecule is CC(C)CN(CCC(=O)NC(C)C)c1nc(C2CC2)nc2cc(Cl)ccc12. The third-order valence-electron chi connectivity index (χ3n) is 4.54. The van der Waals surface area contributed by atoms with Crippen molar-refractivity contribution in [1.29, 1.82) is 0 Å². The van der Waals surface area contributed by atoms with Gasteiger partial charge in [-0.1, -0.05) is 25.4 Å². The standard InChI is InChI=1S/C21H29ClN4O/c1-13(2)12-26(10-9-19(27)23-14(3)4)21-17-8-7-16(22)11-18(17)24-20(25-21)15-5-6-15/h7-8,11,13-15H,5-6,9-10,12H2,1-4H3,(H,23,27). The Morgan fingerprint density at radius 3 is 2.63 bits per heavy atom. The highest BCUT2D eigenvalue weighted by atomic mass is 35.5. The molecule has 27 heavy (non-hydrogen) atoms. The Labute approximate surface area is 166 Å². The van der Waals surface area contributed by atoms with Crippen LogP contribution < -0.4 is 10.2 Å². The van der Waals surface area contributed by atoms with E-state index in [4.69, 9.17) is 21.6 Å². The van der Waals surface area contributed by atoms with E-state index in [-0.39, 0.29) is 11.9 Å². The van der Waals surface area contributed by atoms with E-state index in [9.17, 15) is 4.79 Å². The lowest BCUT2D eigenvalue weighted by Crippen LogP contribution is -2.36. The fourth-order valence-electron chi connectivity index (χ4n) is 3.22. The zero-order valence-corrected chi connectivity index (χ0v) is 17.4. The second-order valence-electron chi connectivity index (χ2n) is 8.15. The van der Waals surface area contributed by atoms with Crippen molar-refractivity contribution in [1.82, 2.24) is 15.3 Å². The number of benzene rings is 1. The average molecular weight is 389 g/mol. The molecule has 1 aliphatic carbocycles.